The molecule has 0 saturated heterocycles. The average Bonchev–Trinajstić information content (AvgIpc) is 2.23. The van der Waals surface area contributed by atoms with Crippen LogP contribution in [0.5, 0.6) is 0 Å². The fourth-order valence-electron chi connectivity index (χ4n) is 2.14. The van der Waals surface area contributed by atoms with Crippen LogP contribution in [0.4, 0.5) is 0 Å². The van der Waals surface area contributed by atoms with Crippen molar-refractivity contribution in [1.29, 1.82) is 5.41 Å². The van der Waals surface area contributed by atoms with Crippen molar-refractivity contribution in [3.05, 3.63) is 0 Å². The third-order valence-corrected chi connectivity index (χ3v) is 3.13. The third-order valence-electron chi connectivity index (χ3n) is 3.13. The van der Waals surface area contributed by atoms with Gasteiger partial charge in [-0.05, 0) is 38.3 Å². The van der Waals surface area contributed by atoms with Crippen LogP contribution in [0.2, 0.25) is 0 Å². The zero-order valence-electron chi connectivity index (χ0n) is 10.1. The number of aliphatic hydroxyl groups is 2. The van der Waals surface area contributed by atoms with Crippen LogP contribution in [0.3, 0.4) is 0 Å². The summed E-state index contributed by atoms with van der Waals surface area (Å²) in [5, 5.41) is 26.1. The molecular weight excluding hydrogens is 222 g/mol. The Bertz CT molecular complexity index is 269. The van der Waals surface area contributed by atoms with Crippen LogP contribution < -0.4 is 0 Å². The Kier molecular flexibility index (Phi) is 5.58. The van der Waals surface area contributed by atoms with Crippen molar-refractivity contribution in [3.8, 4) is 0 Å². The van der Waals surface area contributed by atoms with Gasteiger partial charge in [0.25, 0.3) is 0 Å². The van der Waals surface area contributed by atoms with E-state index in [0.29, 0.717) is 25.7 Å². The van der Waals surface area contributed by atoms with Gasteiger partial charge in [-0.2, -0.15) is 0 Å². The van der Waals surface area contributed by atoms with Crippen LogP contribution in [-0.4, -0.2) is 40.7 Å². The molecule has 3 N–H and O–H groups in total. The van der Waals surface area contributed by atoms with E-state index in [4.69, 9.17) is 10.1 Å². The molecule has 0 amide bonds. The molecule has 17 heavy (non-hydrogen) atoms. The molecule has 0 aliphatic heterocycles. The molecule has 0 aromatic heterocycles. The number of nitrogens with one attached hydrogen (secondary N) is 1. The SMILES string of the molecule is C[C@H](CC=N)OC(=O)CC1CC(O)CCC1O. The first-order valence-corrected chi connectivity index (χ1v) is 6.07. The van der Waals surface area contributed by atoms with E-state index in [2.05, 4.69) is 0 Å². The van der Waals surface area contributed by atoms with E-state index < -0.39 is 12.2 Å². The minimum absolute atomic E-state index is 0.139. The Labute approximate surface area is 101 Å². The quantitative estimate of drug-likeness (QED) is 0.493. The summed E-state index contributed by atoms with van der Waals surface area (Å²) in [5.74, 6) is -0.573. The second-order valence-electron chi connectivity index (χ2n) is 4.74. The Balaban J connectivity index is 2.36. The van der Waals surface area contributed by atoms with Gasteiger partial charge < -0.3 is 20.4 Å². The summed E-state index contributed by atoms with van der Waals surface area (Å²) < 4.78 is 5.09. The largest absolute Gasteiger partial charge is 0.462 e. The molecule has 1 rings (SSSR count). The molecule has 0 radical (unpaired) electrons. The third kappa shape index (κ3) is 4.83. The number of carbonyl (C=O) groups is 1. The Morgan fingerprint density at radius 3 is 2.88 bits per heavy atom. The van der Waals surface area contributed by atoms with E-state index in [1.807, 2.05) is 0 Å². The summed E-state index contributed by atoms with van der Waals surface area (Å²) in [6.07, 6.45) is 2.09. The van der Waals surface area contributed by atoms with E-state index in [-0.39, 0.29) is 24.4 Å². The van der Waals surface area contributed by atoms with Crippen molar-refractivity contribution < 1.29 is 19.7 Å². The maximum absolute atomic E-state index is 11.6. The lowest BCUT2D eigenvalue weighted by Gasteiger charge is -2.30. The summed E-state index contributed by atoms with van der Waals surface area (Å²) in [4.78, 5) is 11.6. The van der Waals surface area contributed by atoms with Gasteiger partial charge in [0.15, 0.2) is 0 Å². The fraction of sp³-hybridized carbons (Fsp3) is 0.833. The number of hydrogen-bond donors (Lipinski definition) is 3. The van der Waals surface area contributed by atoms with Gasteiger partial charge in [0, 0.05) is 6.42 Å². The number of carbonyl (C=O) groups excluding carboxylic acids is 1. The van der Waals surface area contributed by atoms with Crippen LogP contribution in [0.1, 0.15) is 39.0 Å². The number of ether oxygens (including phenoxy) is 1. The molecule has 0 heterocycles. The highest BCUT2D eigenvalue weighted by Gasteiger charge is 2.30. The molecule has 1 aliphatic carbocycles. The van der Waals surface area contributed by atoms with Crippen molar-refractivity contribution in [2.75, 3.05) is 0 Å². The molecule has 0 aromatic rings. The number of esters is 1. The lowest BCUT2D eigenvalue weighted by atomic mass is 9.83. The normalized spacial score (nSPS) is 30.6. The summed E-state index contributed by atoms with van der Waals surface area (Å²) in [6.45, 7) is 1.73. The van der Waals surface area contributed by atoms with E-state index in [1.165, 1.54) is 6.21 Å². The first kappa shape index (κ1) is 14.1. The first-order valence-electron chi connectivity index (χ1n) is 6.07. The van der Waals surface area contributed by atoms with Gasteiger partial charge >= 0.3 is 5.97 Å². The van der Waals surface area contributed by atoms with E-state index in [9.17, 15) is 15.0 Å². The minimum atomic E-state index is -0.524. The molecular formula is C12H21NO4. The lowest BCUT2D eigenvalue weighted by molar-refractivity contribution is -0.151. The van der Waals surface area contributed by atoms with Gasteiger partial charge in [0.2, 0.25) is 0 Å². The Hall–Kier alpha value is -0.940. The lowest BCUT2D eigenvalue weighted by Crippen LogP contribution is -2.34. The maximum Gasteiger partial charge on any atom is 0.306 e. The van der Waals surface area contributed by atoms with Crippen LogP contribution in [-0.2, 0) is 9.53 Å². The van der Waals surface area contributed by atoms with Crippen molar-refractivity contribution >= 4 is 12.2 Å². The molecule has 98 valence electrons. The van der Waals surface area contributed by atoms with Gasteiger partial charge in [0.05, 0.1) is 18.6 Å². The van der Waals surface area contributed by atoms with Crippen molar-refractivity contribution in [3.63, 3.8) is 0 Å². The second kappa shape index (κ2) is 6.71. The van der Waals surface area contributed by atoms with Gasteiger partial charge in [0.1, 0.15) is 6.10 Å². The van der Waals surface area contributed by atoms with Gasteiger partial charge in [-0.25, -0.2) is 0 Å². The molecule has 1 saturated carbocycles. The van der Waals surface area contributed by atoms with Crippen molar-refractivity contribution in [2.24, 2.45) is 5.92 Å². The van der Waals surface area contributed by atoms with Gasteiger partial charge in [-0.1, -0.05) is 0 Å². The standard InChI is InChI=1S/C12H21NO4/c1-8(4-5-13)17-12(16)7-9-6-10(14)2-3-11(9)15/h5,8-11,13-15H,2-4,6-7H2,1H3/t8-,9?,10?,11?/m1/s1. The molecule has 0 aromatic carbocycles. The molecule has 1 fully saturated rings. The zero-order chi connectivity index (χ0) is 12.8. The fourth-order valence-corrected chi connectivity index (χ4v) is 2.14. The molecule has 5 heteroatoms. The first-order chi connectivity index (χ1) is 8.02. The van der Waals surface area contributed by atoms with Crippen LogP contribution >= 0.6 is 0 Å². The highest BCUT2D eigenvalue weighted by Crippen LogP contribution is 2.27. The minimum Gasteiger partial charge on any atom is -0.462 e. The van der Waals surface area contributed by atoms with Gasteiger partial charge in [-0.15, -0.1) is 0 Å². The zero-order valence-corrected chi connectivity index (χ0v) is 10.1. The Morgan fingerprint density at radius 1 is 1.53 bits per heavy atom. The Morgan fingerprint density at radius 2 is 2.24 bits per heavy atom. The number of aliphatic hydroxyl groups excluding tert-OH is 2. The smallest absolute Gasteiger partial charge is 0.306 e. The topological polar surface area (TPSA) is 90.6 Å². The summed E-state index contributed by atoms with van der Waals surface area (Å²) in [7, 11) is 0. The molecule has 1 aliphatic rings. The maximum atomic E-state index is 11.6. The van der Waals surface area contributed by atoms with E-state index >= 15 is 0 Å². The highest BCUT2D eigenvalue weighted by molar-refractivity contribution is 5.70. The van der Waals surface area contributed by atoms with Gasteiger partial charge in [-0.3, -0.25) is 4.79 Å². The molecule has 4 atom stereocenters. The van der Waals surface area contributed by atoms with Crippen LogP contribution in [0.25, 0.3) is 0 Å². The molecule has 0 bridgehead atoms. The predicted molar refractivity (Wildman–Crippen MR) is 62.9 cm³/mol. The highest BCUT2D eigenvalue weighted by atomic mass is 16.5. The van der Waals surface area contributed by atoms with Crippen LogP contribution in [0.15, 0.2) is 0 Å². The summed E-state index contributed by atoms with van der Waals surface area (Å²) in [5.41, 5.74) is 0. The molecule has 3 unspecified atom stereocenters. The summed E-state index contributed by atoms with van der Waals surface area (Å²) in [6, 6.07) is 0. The predicted octanol–water partition coefficient (Wildman–Crippen LogP) is 0.870. The van der Waals surface area contributed by atoms with Crippen molar-refractivity contribution in [1.82, 2.24) is 0 Å². The van der Waals surface area contributed by atoms with Crippen molar-refractivity contribution in [2.45, 2.75) is 57.3 Å². The average molecular weight is 243 g/mol. The van der Waals surface area contributed by atoms with Crippen LogP contribution in [0, 0.1) is 11.3 Å². The summed E-state index contributed by atoms with van der Waals surface area (Å²) >= 11 is 0. The van der Waals surface area contributed by atoms with E-state index in [1.54, 1.807) is 6.92 Å². The van der Waals surface area contributed by atoms with E-state index in [0.717, 1.165) is 0 Å². The molecule has 0 spiro atoms. The second-order valence-corrected chi connectivity index (χ2v) is 4.74. The monoisotopic (exact) mass is 243 g/mol. The molecule has 5 nitrogen and oxygen atoms in total. The number of hydrogen-bond acceptors (Lipinski definition) is 5. The number of rotatable bonds is 5.